The lowest BCUT2D eigenvalue weighted by Crippen LogP contribution is -2.49. The summed E-state index contributed by atoms with van der Waals surface area (Å²) in [5, 5.41) is 3.69. The van der Waals surface area contributed by atoms with Gasteiger partial charge in [-0.3, -0.25) is 0 Å². The molecule has 0 radical (unpaired) electrons. The number of halogens is 1. The monoisotopic (exact) mass is 616 g/mol. The number of carbonyl (C=O) groups excluding carboxylic acids is 2. The zero-order valence-electron chi connectivity index (χ0n) is 24.4. The highest BCUT2D eigenvalue weighted by molar-refractivity contribution is 7.79. The summed E-state index contributed by atoms with van der Waals surface area (Å²) in [7, 11) is 1.39. The van der Waals surface area contributed by atoms with E-state index in [1.54, 1.807) is 6.07 Å². The minimum absolute atomic E-state index is 0.167. The molecule has 3 unspecified atom stereocenters. The second kappa shape index (κ2) is 13.5. The largest absolute Gasteiger partial charge is 0.490 e. The number of esters is 1. The highest BCUT2D eigenvalue weighted by Gasteiger charge is 2.43. The summed E-state index contributed by atoms with van der Waals surface area (Å²) in [4.78, 5) is 25.8. The summed E-state index contributed by atoms with van der Waals surface area (Å²) < 4.78 is 33.2. The molecule has 3 aliphatic rings. The van der Waals surface area contributed by atoms with E-state index >= 15 is 0 Å². The highest BCUT2D eigenvalue weighted by Crippen LogP contribution is 2.46. The zero-order chi connectivity index (χ0) is 29.9. The van der Waals surface area contributed by atoms with Gasteiger partial charge in [-0.25, -0.2) is 9.00 Å². The molecular formula is C32H41ClN2O6S. The minimum atomic E-state index is -2.00. The first-order valence-corrected chi connectivity index (χ1v) is 16.4. The van der Waals surface area contributed by atoms with Gasteiger partial charge in [-0.2, -0.15) is 0 Å². The van der Waals surface area contributed by atoms with E-state index in [-0.39, 0.29) is 23.7 Å². The summed E-state index contributed by atoms with van der Waals surface area (Å²) >= 11 is 4.39. The van der Waals surface area contributed by atoms with Crippen LogP contribution in [0.25, 0.3) is 0 Å². The number of fused-ring (bicyclic) bond motifs is 3. The van der Waals surface area contributed by atoms with Gasteiger partial charge in [0.25, 0.3) is 0 Å². The summed E-state index contributed by atoms with van der Waals surface area (Å²) in [6.45, 7) is 5.12. The van der Waals surface area contributed by atoms with Crippen molar-refractivity contribution in [2.45, 2.75) is 56.1 Å². The van der Waals surface area contributed by atoms with Crippen LogP contribution in [0, 0.1) is 17.8 Å². The maximum Gasteiger partial charge on any atom is 0.337 e. The van der Waals surface area contributed by atoms with E-state index in [1.165, 1.54) is 18.2 Å². The van der Waals surface area contributed by atoms with E-state index in [0.717, 1.165) is 74.5 Å². The van der Waals surface area contributed by atoms with Gasteiger partial charge in [-0.05, 0) is 97.9 Å². The van der Waals surface area contributed by atoms with Crippen LogP contribution in [0.4, 0.5) is 5.69 Å². The standard InChI is InChI=1S/C32H41ClN2O6S/c1-21(11-13-36)30(42(38)39)17-34-16-24-5-6-25(24)18-35-19-32(12-3-4-22-14-26(33)8-9-27(22)32)20-41-29-10-7-23(15-28(29)35)31(37)40-2/h7-10,13-15,21,24-25,30,34H,3-6,11-12,16-20H2,1-2H3,(H,38,39)/t21?,24-,25-,30?,32-/m0/s1. The smallest absolute Gasteiger partial charge is 0.337 e. The van der Waals surface area contributed by atoms with Crippen molar-refractivity contribution in [3.8, 4) is 5.75 Å². The van der Waals surface area contributed by atoms with Crippen molar-refractivity contribution in [1.82, 2.24) is 5.32 Å². The molecule has 0 bridgehead atoms. The summed E-state index contributed by atoms with van der Waals surface area (Å²) in [5.74, 6) is 1.07. The van der Waals surface area contributed by atoms with E-state index in [4.69, 9.17) is 21.1 Å². The Balaban J connectivity index is 1.37. The molecule has 0 amide bonds. The quantitative estimate of drug-likeness (QED) is 0.206. The van der Waals surface area contributed by atoms with Gasteiger partial charge in [0.05, 0.1) is 30.2 Å². The fourth-order valence-electron chi connectivity index (χ4n) is 6.97. The summed E-state index contributed by atoms with van der Waals surface area (Å²) in [6.07, 6.45) is 6.31. The SMILES string of the molecule is COC(=O)c1ccc2c(c1)N(C[C@@H]1CC[C@H]1CNCC(C(C)CC=O)S(=O)O)C[C@@]1(CCCc3cc(Cl)ccc31)CO2. The van der Waals surface area contributed by atoms with Gasteiger partial charge < -0.3 is 29.0 Å². The number of carbonyl (C=O) groups is 2. The van der Waals surface area contributed by atoms with E-state index in [0.29, 0.717) is 30.6 Å². The Morgan fingerprint density at radius 2 is 2.10 bits per heavy atom. The van der Waals surface area contributed by atoms with E-state index < -0.39 is 16.3 Å². The summed E-state index contributed by atoms with van der Waals surface area (Å²) in [6, 6.07) is 11.8. The third-order valence-corrected chi connectivity index (χ3v) is 11.0. The lowest BCUT2D eigenvalue weighted by atomic mass is 9.69. The average molecular weight is 617 g/mol. The first-order chi connectivity index (χ1) is 20.2. The molecule has 1 heterocycles. The van der Waals surface area contributed by atoms with Crippen molar-refractivity contribution >= 4 is 40.6 Å². The number of hydrogen-bond acceptors (Lipinski definition) is 7. The Kier molecular flexibility index (Phi) is 9.92. The van der Waals surface area contributed by atoms with Crippen LogP contribution in [0.2, 0.25) is 5.02 Å². The molecule has 1 saturated carbocycles. The molecule has 0 aromatic heterocycles. The highest BCUT2D eigenvalue weighted by atomic mass is 35.5. The molecule has 228 valence electrons. The molecule has 1 aliphatic heterocycles. The lowest BCUT2D eigenvalue weighted by molar-refractivity contribution is -0.108. The van der Waals surface area contributed by atoms with Crippen molar-refractivity contribution in [2.75, 3.05) is 44.8 Å². The second-order valence-corrected chi connectivity index (χ2v) is 13.8. The number of anilines is 1. The minimum Gasteiger partial charge on any atom is -0.490 e. The van der Waals surface area contributed by atoms with E-state index in [2.05, 4.69) is 22.3 Å². The number of benzene rings is 2. The van der Waals surface area contributed by atoms with Crippen molar-refractivity contribution in [3.05, 3.63) is 58.1 Å². The van der Waals surface area contributed by atoms with E-state index in [1.807, 2.05) is 25.1 Å². The van der Waals surface area contributed by atoms with Crippen LogP contribution in [0.5, 0.6) is 5.75 Å². The molecule has 8 nitrogen and oxygen atoms in total. The number of hydrogen-bond donors (Lipinski definition) is 2. The van der Waals surface area contributed by atoms with Crippen LogP contribution >= 0.6 is 11.6 Å². The van der Waals surface area contributed by atoms with E-state index in [9.17, 15) is 18.4 Å². The van der Waals surface area contributed by atoms with Gasteiger partial charge >= 0.3 is 5.97 Å². The number of nitrogens with one attached hydrogen (secondary N) is 1. The fourth-order valence-corrected chi connectivity index (χ4v) is 7.94. The predicted octanol–water partition coefficient (Wildman–Crippen LogP) is 5.03. The van der Waals surface area contributed by atoms with Crippen molar-refractivity contribution < 1.29 is 27.8 Å². The van der Waals surface area contributed by atoms with Gasteiger partial charge in [0.15, 0.2) is 11.1 Å². The van der Waals surface area contributed by atoms with Gasteiger partial charge in [0.2, 0.25) is 0 Å². The lowest BCUT2D eigenvalue weighted by Gasteiger charge is -2.44. The Morgan fingerprint density at radius 1 is 1.29 bits per heavy atom. The molecule has 2 aromatic rings. The molecule has 2 aromatic carbocycles. The van der Waals surface area contributed by atoms with Crippen LogP contribution < -0.4 is 15.0 Å². The third-order valence-electron chi connectivity index (χ3n) is 9.60. The molecular weight excluding hydrogens is 576 g/mol. The molecule has 1 fully saturated rings. The molecule has 6 atom stereocenters. The number of aryl methyl sites for hydroxylation is 1. The van der Waals surface area contributed by atoms with Gasteiger partial charge in [-0.15, -0.1) is 0 Å². The zero-order valence-corrected chi connectivity index (χ0v) is 25.9. The average Bonchev–Trinajstić information content (AvgIpc) is 3.11. The fraction of sp³-hybridized carbons (Fsp3) is 0.562. The number of methoxy groups -OCH3 is 1. The molecule has 2 aliphatic carbocycles. The molecule has 0 saturated heterocycles. The first-order valence-electron chi connectivity index (χ1n) is 14.9. The second-order valence-electron chi connectivity index (χ2n) is 12.2. The number of nitrogens with zero attached hydrogens (tertiary/aromatic N) is 1. The van der Waals surface area contributed by atoms with Crippen LogP contribution in [-0.4, -0.2) is 66.2 Å². The first kappa shape index (κ1) is 31.0. The van der Waals surface area contributed by atoms with Gasteiger partial charge in [-0.1, -0.05) is 24.6 Å². The normalized spacial score (nSPS) is 25.2. The van der Waals surface area contributed by atoms with Crippen molar-refractivity contribution in [3.63, 3.8) is 0 Å². The number of ether oxygens (including phenoxy) is 2. The Morgan fingerprint density at radius 3 is 2.81 bits per heavy atom. The Bertz CT molecular complexity index is 1320. The van der Waals surface area contributed by atoms with Crippen LogP contribution in [0.15, 0.2) is 36.4 Å². The molecule has 2 N–H and O–H groups in total. The van der Waals surface area contributed by atoms with Crippen LogP contribution in [0.3, 0.4) is 0 Å². The van der Waals surface area contributed by atoms with Crippen LogP contribution in [-0.2, 0) is 32.4 Å². The van der Waals surface area contributed by atoms with Crippen molar-refractivity contribution in [1.29, 1.82) is 0 Å². The predicted molar refractivity (Wildman–Crippen MR) is 165 cm³/mol. The number of rotatable bonds is 11. The van der Waals surface area contributed by atoms with Gasteiger partial charge in [0.1, 0.15) is 12.0 Å². The van der Waals surface area contributed by atoms with Crippen LogP contribution in [0.1, 0.15) is 60.5 Å². The maximum atomic E-state index is 12.5. The molecule has 42 heavy (non-hydrogen) atoms. The third kappa shape index (κ3) is 6.54. The Hall–Kier alpha value is -2.46. The van der Waals surface area contributed by atoms with Crippen molar-refractivity contribution in [2.24, 2.45) is 17.8 Å². The van der Waals surface area contributed by atoms with Gasteiger partial charge in [0, 0.05) is 36.5 Å². The number of aldehydes is 1. The molecule has 1 spiro atoms. The topological polar surface area (TPSA) is 105 Å². The Labute approximate surface area is 255 Å². The maximum absolute atomic E-state index is 12.5. The summed E-state index contributed by atoms with van der Waals surface area (Å²) in [5.41, 5.74) is 3.78. The molecule has 5 rings (SSSR count). The molecule has 10 heteroatoms.